The van der Waals surface area contributed by atoms with Crippen molar-refractivity contribution in [3.8, 4) is 0 Å². The zero-order valence-corrected chi connectivity index (χ0v) is 14.7. The number of nitrogens with two attached hydrogens (primary N) is 1. The smallest absolute Gasteiger partial charge is 0.228 e. The van der Waals surface area contributed by atoms with E-state index in [0.29, 0.717) is 13.0 Å². The number of aryl methyl sites for hydroxylation is 2. The van der Waals surface area contributed by atoms with E-state index in [0.717, 1.165) is 41.9 Å². The molecule has 0 saturated heterocycles. The highest BCUT2D eigenvalue weighted by Crippen LogP contribution is 2.31. The third-order valence-electron chi connectivity index (χ3n) is 3.90. The van der Waals surface area contributed by atoms with Crippen molar-refractivity contribution in [3.63, 3.8) is 0 Å². The van der Waals surface area contributed by atoms with Crippen LogP contribution in [0.1, 0.15) is 24.0 Å². The minimum absolute atomic E-state index is 0. The van der Waals surface area contributed by atoms with Crippen LogP contribution in [0, 0.1) is 6.92 Å². The molecule has 3 rings (SSSR count). The first kappa shape index (κ1) is 19.3. The highest BCUT2D eigenvalue weighted by atomic mass is 35.5. The van der Waals surface area contributed by atoms with Crippen LogP contribution in [0.4, 0.5) is 11.4 Å². The third kappa shape index (κ3) is 4.18. The summed E-state index contributed by atoms with van der Waals surface area (Å²) in [5, 5.41) is 4.22. The molecule has 23 heavy (non-hydrogen) atoms. The maximum absolute atomic E-state index is 12.5. The van der Waals surface area contributed by atoms with Gasteiger partial charge in [0.15, 0.2) is 0 Å². The molecule has 0 saturated carbocycles. The monoisotopic (exact) mass is 356 g/mol. The summed E-state index contributed by atoms with van der Waals surface area (Å²) in [6, 6.07) is 5.80. The molecule has 1 aliphatic heterocycles. The molecule has 0 bridgehead atoms. The van der Waals surface area contributed by atoms with Gasteiger partial charge in [0.25, 0.3) is 0 Å². The topological polar surface area (TPSA) is 64.2 Å². The summed E-state index contributed by atoms with van der Waals surface area (Å²) in [6.45, 7) is 3.38. The number of fused-ring (bicyclic) bond motifs is 1. The molecule has 0 fully saturated rings. The van der Waals surface area contributed by atoms with Crippen molar-refractivity contribution in [2.75, 3.05) is 17.2 Å². The molecule has 7 heteroatoms. The second-order valence-corrected chi connectivity index (χ2v) is 5.52. The van der Waals surface area contributed by atoms with Crippen molar-refractivity contribution in [2.45, 2.75) is 32.7 Å². The van der Waals surface area contributed by atoms with Gasteiger partial charge in [0.2, 0.25) is 5.91 Å². The Morgan fingerprint density at radius 3 is 2.83 bits per heavy atom. The number of nitrogens with zero attached hydrogens (tertiary/aromatic N) is 3. The van der Waals surface area contributed by atoms with Crippen LogP contribution >= 0.6 is 24.8 Å². The number of hydrogen-bond donors (Lipinski definition) is 1. The van der Waals surface area contributed by atoms with Crippen LogP contribution in [0.2, 0.25) is 0 Å². The lowest BCUT2D eigenvalue weighted by Crippen LogP contribution is -2.36. The lowest BCUT2D eigenvalue weighted by atomic mass is 9.99. The predicted octanol–water partition coefficient (Wildman–Crippen LogP) is 2.99. The molecule has 1 aliphatic rings. The second-order valence-electron chi connectivity index (χ2n) is 5.52. The summed E-state index contributed by atoms with van der Waals surface area (Å²) in [5.41, 5.74) is 9.99. The number of halogens is 2. The Bertz CT molecular complexity index is 672. The Hall–Kier alpha value is -1.72. The van der Waals surface area contributed by atoms with Crippen molar-refractivity contribution in [2.24, 2.45) is 0 Å². The van der Waals surface area contributed by atoms with Gasteiger partial charge in [-0.1, -0.05) is 6.07 Å². The fraction of sp³-hybridized carbons (Fsp3) is 0.375. The van der Waals surface area contributed by atoms with Crippen LogP contribution in [0.3, 0.4) is 0 Å². The van der Waals surface area contributed by atoms with E-state index in [4.69, 9.17) is 5.73 Å². The molecule has 2 heterocycles. The molecule has 126 valence electrons. The maximum atomic E-state index is 12.5. The summed E-state index contributed by atoms with van der Waals surface area (Å²) in [4.78, 5) is 14.4. The molecule has 0 spiro atoms. The van der Waals surface area contributed by atoms with Gasteiger partial charge in [0.05, 0.1) is 6.20 Å². The number of rotatable bonds is 3. The van der Waals surface area contributed by atoms with Gasteiger partial charge < -0.3 is 10.6 Å². The molecule has 1 aromatic heterocycles. The Morgan fingerprint density at radius 1 is 1.35 bits per heavy atom. The molecule has 0 atom stereocenters. The fourth-order valence-corrected chi connectivity index (χ4v) is 2.85. The number of amides is 1. The third-order valence-corrected chi connectivity index (χ3v) is 3.90. The van der Waals surface area contributed by atoms with Crippen molar-refractivity contribution in [3.05, 3.63) is 41.7 Å². The molecule has 5 nitrogen and oxygen atoms in total. The molecule has 1 aromatic carbocycles. The normalized spacial score (nSPS) is 12.8. The molecule has 0 unspecified atom stereocenters. The average Bonchev–Trinajstić information content (AvgIpc) is 2.90. The van der Waals surface area contributed by atoms with E-state index < -0.39 is 0 Å². The summed E-state index contributed by atoms with van der Waals surface area (Å²) >= 11 is 0. The van der Waals surface area contributed by atoms with E-state index >= 15 is 0 Å². The summed E-state index contributed by atoms with van der Waals surface area (Å²) in [5.74, 6) is 0.134. The van der Waals surface area contributed by atoms with E-state index in [9.17, 15) is 4.79 Å². The van der Waals surface area contributed by atoms with Gasteiger partial charge in [0, 0.05) is 37.1 Å². The van der Waals surface area contributed by atoms with Gasteiger partial charge in [-0.15, -0.1) is 24.8 Å². The van der Waals surface area contributed by atoms with Gasteiger partial charge in [-0.05, 0) is 43.0 Å². The van der Waals surface area contributed by atoms with E-state index in [1.54, 1.807) is 6.20 Å². The number of nitrogen functional groups attached to an aromatic ring is 1. The average molecular weight is 357 g/mol. The van der Waals surface area contributed by atoms with Crippen LogP contribution in [0.5, 0.6) is 0 Å². The van der Waals surface area contributed by atoms with Gasteiger partial charge in [0.1, 0.15) is 0 Å². The number of carbonyl (C=O) groups excluding carboxylic acids is 1. The Kier molecular flexibility index (Phi) is 6.91. The van der Waals surface area contributed by atoms with Crippen molar-refractivity contribution >= 4 is 42.1 Å². The highest BCUT2D eigenvalue weighted by Gasteiger charge is 2.23. The molecule has 0 aliphatic carbocycles. The van der Waals surface area contributed by atoms with Crippen LogP contribution in [-0.2, 0) is 17.8 Å². The van der Waals surface area contributed by atoms with Gasteiger partial charge in [-0.2, -0.15) is 5.10 Å². The van der Waals surface area contributed by atoms with Gasteiger partial charge >= 0.3 is 0 Å². The number of hydrogen-bond acceptors (Lipinski definition) is 3. The first-order valence-electron chi connectivity index (χ1n) is 7.32. The van der Waals surface area contributed by atoms with Crippen LogP contribution in [-0.4, -0.2) is 22.2 Å². The molecule has 2 aromatic rings. The van der Waals surface area contributed by atoms with Crippen molar-refractivity contribution < 1.29 is 4.79 Å². The van der Waals surface area contributed by atoms with Gasteiger partial charge in [-0.25, -0.2) is 0 Å². The zero-order chi connectivity index (χ0) is 14.8. The molecule has 1 amide bonds. The number of benzene rings is 1. The number of aromatic nitrogens is 2. The fourth-order valence-electron chi connectivity index (χ4n) is 2.85. The molecule has 2 N–H and O–H groups in total. The zero-order valence-electron chi connectivity index (χ0n) is 13.1. The van der Waals surface area contributed by atoms with Crippen molar-refractivity contribution in [1.82, 2.24) is 9.78 Å². The summed E-state index contributed by atoms with van der Waals surface area (Å²) in [7, 11) is 0. The maximum Gasteiger partial charge on any atom is 0.228 e. The standard InChI is InChI=1S/C16H20N4O.2ClH/c1-12-10-18-19(11-12)9-7-16(21)20-8-3-4-13-14(17)5-2-6-15(13)20;;/h2,5-6,10-11H,3-4,7-9,17H2,1H3;2*1H. The minimum atomic E-state index is 0. The molecule has 0 radical (unpaired) electrons. The predicted molar refractivity (Wildman–Crippen MR) is 97.6 cm³/mol. The van der Waals surface area contributed by atoms with Crippen molar-refractivity contribution in [1.29, 1.82) is 0 Å². The summed E-state index contributed by atoms with van der Waals surface area (Å²) < 4.78 is 1.82. The Balaban J connectivity index is 0.00000132. The lowest BCUT2D eigenvalue weighted by Gasteiger charge is -2.30. The van der Waals surface area contributed by atoms with E-state index in [2.05, 4.69) is 5.10 Å². The van der Waals surface area contributed by atoms with Crippen LogP contribution < -0.4 is 10.6 Å². The number of anilines is 2. The highest BCUT2D eigenvalue weighted by molar-refractivity contribution is 5.95. The Labute approximate surface area is 148 Å². The minimum Gasteiger partial charge on any atom is -0.398 e. The molecular weight excluding hydrogens is 335 g/mol. The van der Waals surface area contributed by atoms with Crippen LogP contribution in [0.15, 0.2) is 30.6 Å². The first-order chi connectivity index (χ1) is 10.1. The Morgan fingerprint density at radius 2 is 2.13 bits per heavy atom. The second kappa shape index (κ2) is 8.22. The summed E-state index contributed by atoms with van der Waals surface area (Å²) in [6.07, 6.45) is 6.13. The first-order valence-corrected chi connectivity index (χ1v) is 7.32. The van der Waals surface area contributed by atoms with Gasteiger partial charge in [-0.3, -0.25) is 9.48 Å². The number of carbonyl (C=O) groups is 1. The lowest BCUT2D eigenvalue weighted by molar-refractivity contribution is -0.119. The quantitative estimate of drug-likeness (QED) is 0.859. The largest absolute Gasteiger partial charge is 0.398 e. The molecular formula is C16H22Cl2N4O. The van der Waals surface area contributed by atoms with E-state index in [1.165, 1.54) is 0 Å². The van der Waals surface area contributed by atoms with Crippen LogP contribution in [0.25, 0.3) is 0 Å². The SMILES string of the molecule is Cc1cnn(CCC(=O)N2CCCc3c(N)cccc32)c1.Cl.Cl. The van der Waals surface area contributed by atoms with E-state index in [1.807, 2.05) is 40.9 Å². The van der Waals surface area contributed by atoms with E-state index in [-0.39, 0.29) is 30.7 Å².